The van der Waals surface area contributed by atoms with Crippen LogP contribution in [-0.2, 0) is 14.8 Å². The van der Waals surface area contributed by atoms with Crippen molar-refractivity contribution in [1.82, 2.24) is 4.72 Å². The number of amides is 1. The molecule has 36 heavy (non-hydrogen) atoms. The van der Waals surface area contributed by atoms with E-state index in [2.05, 4.69) is 10.0 Å². The largest absolute Gasteiger partial charge is 0.480 e. The second-order valence-corrected chi connectivity index (χ2v) is 11.6. The van der Waals surface area contributed by atoms with Gasteiger partial charge in [-0.3, -0.25) is 9.59 Å². The molecule has 7 nitrogen and oxygen atoms in total. The maximum atomic E-state index is 12.8. The number of halogens is 1. The van der Waals surface area contributed by atoms with Crippen LogP contribution in [0.4, 0.5) is 5.69 Å². The van der Waals surface area contributed by atoms with E-state index in [1.54, 1.807) is 38.1 Å². The number of aliphatic carboxylic acids is 1. The fraction of sp³-hybridized carbons (Fsp3) is 0.154. The highest BCUT2D eigenvalue weighted by Gasteiger charge is 2.28. The zero-order chi connectivity index (χ0) is 26.0. The summed E-state index contributed by atoms with van der Waals surface area (Å²) in [4.78, 5) is 24.5. The molecule has 4 aromatic rings. The lowest BCUT2D eigenvalue weighted by molar-refractivity contribution is -0.140. The number of benzene rings is 3. The van der Waals surface area contributed by atoms with Crippen molar-refractivity contribution < 1.29 is 23.1 Å². The molecular weight excluding hydrogens is 520 g/mol. The molecule has 0 radical (unpaired) electrons. The predicted octanol–water partition coefficient (Wildman–Crippen LogP) is 5.86. The van der Waals surface area contributed by atoms with Crippen LogP contribution in [0.15, 0.2) is 77.7 Å². The van der Waals surface area contributed by atoms with Gasteiger partial charge in [-0.25, -0.2) is 8.42 Å². The van der Waals surface area contributed by atoms with Crippen LogP contribution >= 0.6 is 22.9 Å². The third-order valence-electron chi connectivity index (χ3n) is 5.60. The van der Waals surface area contributed by atoms with Gasteiger partial charge in [0, 0.05) is 15.8 Å². The summed E-state index contributed by atoms with van der Waals surface area (Å²) >= 11 is 7.73. The van der Waals surface area contributed by atoms with Gasteiger partial charge in [0.25, 0.3) is 5.91 Å². The molecule has 1 heterocycles. The number of nitrogens with one attached hydrogen (secondary N) is 2. The van der Waals surface area contributed by atoms with E-state index in [0.29, 0.717) is 15.6 Å². The minimum atomic E-state index is -4.00. The van der Waals surface area contributed by atoms with E-state index in [1.807, 2.05) is 36.4 Å². The maximum Gasteiger partial charge on any atom is 0.322 e. The van der Waals surface area contributed by atoms with E-state index in [9.17, 15) is 23.1 Å². The second kappa shape index (κ2) is 10.4. The normalized spacial score (nSPS) is 12.6. The fourth-order valence-corrected chi connectivity index (χ4v) is 6.38. The Morgan fingerprint density at radius 3 is 2.06 bits per heavy atom. The monoisotopic (exact) mass is 542 g/mol. The molecule has 0 fully saturated rings. The molecule has 0 saturated heterocycles. The molecule has 186 valence electrons. The lowest BCUT2D eigenvalue weighted by atomic mass is 10.1. The van der Waals surface area contributed by atoms with E-state index >= 15 is 0 Å². The van der Waals surface area contributed by atoms with Gasteiger partial charge in [0.05, 0.1) is 9.92 Å². The molecule has 3 aromatic carbocycles. The van der Waals surface area contributed by atoms with Crippen LogP contribution < -0.4 is 10.0 Å². The number of rotatable bonds is 8. The first kappa shape index (κ1) is 25.8. The molecular formula is C26H23ClN2O5S2. The van der Waals surface area contributed by atoms with Crippen molar-refractivity contribution in [1.29, 1.82) is 0 Å². The smallest absolute Gasteiger partial charge is 0.322 e. The highest BCUT2D eigenvalue weighted by Crippen LogP contribution is 2.35. The Morgan fingerprint density at radius 2 is 1.50 bits per heavy atom. The summed E-state index contributed by atoms with van der Waals surface area (Å²) in [5.41, 5.74) is 2.17. The summed E-state index contributed by atoms with van der Waals surface area (Å²) in [5.74, 6) is -1.94. The summed E-state index contributed by atoms with van der Waals surface area (Å²) < 4.78 is 28.4. The van der Waals surface area contributed by atoms with Crippen LogP contribution in [0.25, 0.3) is 21.2 Å². The van der Waals surface area contributed by atoms with E-state index in [-0.39, 0.29) is 10.8 Å². The van der Waals surface area contributed by atoms with Gasteiger partial charge >= 0.3 is 5.97 Å². The van der Waals surface area contributed by atoms with Crippen LogP contribution in [0.5, 0.6) is 0 Å². The van der Waals surface area contributed by atoms with Crippen molar-refractivity contribution in [3.63, 3.8) is 0 Å². The van der Waals surface area contributed by atoms with Crippen molar-refractivity contribution in [2.75, 3.05) is 5.32 Å². The molecule has 1 atom stereocenters. The van der Waals surface area contributed by atoms with Gasteiger partial charge in [0.2, 0.25) is 10.0 Å². The van der Waals surface area contributed by atoms with Crippen molar-refractivity contribution in [2.45, 2.75) is 24.8 Å². The maximum absolute atomic E-state index is 12.8. The van der Waals surface area contributed by atoms with Crippen molar-refractivity contribution in [3.05, 3.63) is 82.7 Å². The van der Waals surface area contributed by atoms with E-state index in [0.717, 1.165) is 21.2 Å². The second-order valence-electron chi connectivity index (χ2n) is 8.48. The molecule has 0 spiro atoms. The van der Waals surface area contributed by atoms with E-state index in [4.69, 9.17) is 11.6 Å². The van der Waals surface area contributed by atoms with Crippen LogP contribution in [0, 0.1) is 5.92 Å². The third kappa shape index (κ3) is 5.44. The highest BCUT2D eigenvalue weighted by atomic mass is 35.5. The summed E-state index contributed by atoms with van der Waals surface area (Å²) in [6.45, 7) is 3.27. The van der Waals surface area contributed by atoms with Crippen molar-refractivity contribution in [3.8, 4) is 11.1 Å². The lowest BCUT2D eigenvalue weighted by Crippen LogP contribution is -2.44. The van der Waals surface area contributed by atoms with Crippen LogP contribution in [0.3, 0.4) is 0 Å². The lowest BCUT2D eigenvalue weighted by Gasteiger charge is -2.18. The quantitative estimate of drug-likeness (QED) is 0.258. The van der Waals surface area contributed by atoms with Crippen LogP contribution in [0.2, 0.25) is 5.02 Å². The van der Waals surface area contributed by atoms with Crippen LogP contribution in [-0.4, -0.2) is 31.4 Å². The number of anilines is 1. The Morgan fingerprint density at radius 1 is 0.917 bits per heavy atom. The first-order valence-corrected chi connectivity index (χ1v) is 13.7. The molecule has 3 N–H and O–H groups in total. The van der Waals surface area contributed by atoms with Crippen molar-refractivity contribution in [2.24, 2.45) is 5.92 Å². The topological polar surface area (TPSA) is 113 Å². The number of carboxylic acid groups (broad SMARTS) is 1. The average molecular weight is 543 g/mol. The van der Waals surface area contributed by atoms with Gasteiger partial charge in [0.15, 0.2) is 0 Å². The van der Waals surface area contributed by atoms with E-state index < -0.39 is 28.0 Å². The summed E-state index contributed by atoms with van der Waals surface area (Å²) in [7, 11) is -4.00. The first-order chi connectivity index (χ1) is 17.1. The third-order valence-corrected chi connectivity index (χ3v) is 8.73. The van der Waals surface area contributed by atoms with Gasteiger partial charge in [-0.1, -0.05) is 67.9 Å². The summed E-state index contributed by atoms with van der Waals surface area (Å²) in [6, 6.07) is 19.6. The SMILES string of the molecule is CC(C)[C@H](NS(=O)(=O)c1ccc(-c2ccc(NC(=O)c3sc4ccccc4c3Cl)cc2)cc1)C(=O)O. The van der Waals surface area contributed by atoms with Gasteiger partial charge in [-0.05, 0) is 47.4 Å². The minimum Gasteiger partial charge on any atom is -0.480 e. The summed E-state index contributed by atoms with van der Waals surface area (Å²) in [6.07, 6.45) is 0. The number of carboxylic acids is 1. The zero-order valence-corrected chi connectivity index (χ0v) is 21.7. The first-order valence-electron chi connectivity index (χ1n) is 11.0. The Balaban J connectivity index is 1.47. The Kier molecular flexibility index (Phi) is 7.46. The molecule has 1 amide bonds. The number of hydrogen-bond acceptors (Lipinski definition) is 5. The number of carbonyl (C=O) groups excluding carboxylic acids is 1. The number of carbonyl (C=O) groups is 2. The Bertz CT molecular complexity index is 1530. The molecule has 10 heteroatoms. The average Bonchev–Trinajstić information content (AvgIpc) is 3.19. The minimum absolute atomic E-state index is 0.0257. The van der Waals surface area contributed by atoms with Gasteiger partial charge < -0.3 is 10.4 Å². The van der Waals surface area contributed by atoms with E-state index in [1.165, 1.54) is 23.5 Å². The Labute approximate surface area is 217 Å². The van der Waals surface area contributed by atoms with Gasteiger partial charge in [-0.2, -0.15) is 4.72 Å². The van der Waals surface area contributed by atoms with Crippen LogP contribution in [0.1, 0.15) is 23.5 Å². The molecule has 4 rings (SSSR count). The molecule has 0 aliphatic carbocycles. The van der Waals surface area contributed by atoms with Crippen molar-refractivity contribution >= 4 is 60.6 Å². The molecule has 0 saturated carbocycles. The highest BCUT2D eigenvalue weighted by molar-refractivity contribution is 7.89. The molecule has 0 aliphatic rings. The zero-order valence-electron chi connectivity index (χ0n) is 19.4. The molecule has 1 aromatic heterocycles. The van der Waals surface area contributed by atoms with Gasteiger partial charge in [-0.15, -0.1) is 11.3 Å². The molecule has 0 unspecified atom stereocenters. The number of thiophene rings is 1. The number of sulfonamides is 1. The summed E-state index contributed by atoms with van der Waals surface area (Å²) in [5, 5.41) is 13.4. The Hall–Kier alpha value is -3.24. The predicted molar refractivity (Wildman–Crippen MR) is 143 cm³/mol. The number of hydrogen-bond donors (Lipinski definition) is 3. The fourth-order valence-electron chi connectivity index (χ4n) is 3.63. The standard InChI is InChI=1S/C26H23ClN2O5S2/c1-15(2)23(26(31)32)29-36(33,34)19-13-9-17(10-14-19)16-7-11-18(12-8-16)28-25(30)24-22(27)20-5-3-4-6-21(20)35-24/h3-15,23,29H,1-2H3,(H,28,30)(H,31,32)/t23-/m0/s1. The molecule has 0 aliphatic heterocycles. The van der Waals surface area contributed by atoms with Gasteiger partial charge in [0.1, 0.15) is 10.9 Å². The number of fused-ring (bicyclic) bond motifs is 1. The molecule has 0 bridgehead atoms.